The van der Waals surface area contributed by atoms with E-state index in [1.165, 1.54) is 0 Å². The van der Waals surface area contributed by atoms with E-state index in [0.717, 1.165) is 11.1 Å². The third-order valence-electron chi connectivity index (χ3n) is 5.11. The molecule has 3 rings (SSSR count). The molecule has 0 unspecified atom stereocenters. The van der Waals surface area contributed by atoms with E-state index in [9.17, 15) is 9.90 Å². The average molecular weight is 447 g/mol. The van der Waals surface area contributed by atoms with Gasteiger partial charge in [-0.05, 0) is 54.8 Å². The Bertz CT molecular complexity index is 1150. The number of amides is 1. The summed E-state index contributed by atoms with van der Waals surface area (Å²) in [4.78, 5) is 12.8. The number of benzene rings is 3. The van der Waals surface area contributed by atoms with E-state index in [0.29, 0.717) is 40.3 Å². The molecule has 3 aromatic carbocycles. The molecule has 8 nitrogen and oxygen atoms in total. The molecule has 0 aromatic heterocycles. The van der Waals surface area contributed by atoms with Crippen molar-refractivity contribution in [1.82, 2.24) is 5.32 Å². The maximum atomic E-state index is 12.8. The molecule has 1 amide bonds. The van der Waals surface area contributed by atoms with Crippen LogP contribution < -0.4 is 27.8 Å². The second kappa shape index (κ2) is 9.95. The van der Waals surface area contributed by atoms with Crippen LogP contribution in [0.2, 0.25) is 0 Å². The predicted molar refractivity (Wildman–Crippen MR) is 134 cm³/mol. The molecule has 0 fully saturated rings. The van der Waals surface area contributed by atoms with Gasteiger partial charge >= 0.3 is 0 Å². The monoisotopic (exact) mass is 446 g/mol. The number of carbonyl (C=O) groups excluding carboxylic acids is 1. The molecule has 33 heavy (non-hydrogen) atoms. The Labute approximate surface area is 193 Å². The SMILES string of the molecule is CC(C)Nc1ccc(-c2cc(N)cc(N)c2)c(CC(=O)NCc2ccc(C(=N)N)cc2)c1O. The summed E-state index contributed by atoms with van der Waals surface area (Å²) < 4.78 is 0. The van der Waals surface area contributed by atoms with Crippen molar-refractivity contribution in [3.05, 3.63) is 71.3 Å². The molecular formula is C25H30N6O2. The Balaban J connectivity index is 1.87. The van der Waals surface area contributed by atoms with Crippen LogP contribution >= 0.6 is 0 Å². The minimum atomic E-state index is -0.249. The Kier molecular flexibility index (Phi) is 7.07. The highest BCUT2D eigenvalue weighted by atomic mass is 16.3. The Hall–Kier alpha value is -4.20. The molecule has 0 aliphatic rings. The second-order valence-electron chi connectivity index (χ2n) is 8.24. The summed E-state index contributed by atoms with van der Waals surface area (Å²) in [7, 11) is 0. The lowest BCUT2D eigenvalue weighted by molar-refractivity contribution is -0.120. The molecule has 0 saturated carbocycles. The Morgan fingerprint density at radius 1 is 1.03 bits per heavy atom. The van der Waals surface area contributed by atoms with Crippen molar-refractivity contribution in [1.29, 1.82) is 5.41 Å². The summed E-state index contributed by atoms with van der Waals surface area (Å²) in [5.74, 6) is -0.241. The van der Waals surface area contributed by atoms with E-state index < -0.39 is 0 Å². The second-order valence-corrected chi connectivity index (χ2v) is 8.24. The van der Waals surface area contributed by atoms with Crippen LogP contribution in [-0.4, -0.2) is 22.9 Å². The minimum Gasteiger partial charge on any atom is -0.505 e. The number of phenolic OH excluding ortho intramolecular Hbond substituents is 1. The van der Waals surface area contributed by atoms with E-state index in [-0.39, 0.29) is 30.0 Å². The highest BCUT2D eigenvalue weighted by Gasteiger charge is 2.18. The van der Waals surface area contributed by atoms with Gasteiger partial charge < -0.3 is 32.9 Å². The zero-order valence-electron chi connectivity index (χ0n) is 18.8. The van der Waals surface area contributed by atoms with Crippen LogP contribution in [0.5, 0.6) is 5.75 Å². The maximum absolute atomic E-state index is 12.8. The average Bonchev–Trinajstić information content (AvgIpc) is 2.74. The molecule has 0 aliphatic heterocycles. The molecule has 0 radical (unpaired) electrons. The quantitative estimate of drug-likeness (QED) is 0.122. The van der Waals surface area contributed by atoms with Crippen LogP contribution in [0, 0.1) is 5.41 Å². The highest BCUT2D eigenvalue weighted by molar-refractivity contribution is 5.95. The van der Waals surface area contributed by atoms with Crippen LogP contribution in [0.3, 0.4) is 0 Å². The molecule has 172 valence electrons. The van der Waals surface area contributed by atoms with Crippen LogP contribution in [0.25, 0.3) is 11.1 Å². The number of rotatable bonds is 8. The molecule has 3 aromatic rings. The fourth-order valence-corrected chi connectivity index (χ4v) is 3.57. The first-order valence-electron chi connectivity index (χ1n) is 10.6. The Morgan fingerprint density at radius 3 is 2.24 bits per heavy atom. The van der Waals surface area contributed by atoms with Gasteiger partial charge in [0.2, 0.25) is 5.91 Å². The van der Waals surface area contributed by atoms with Gasteiger partial charge in [0, 0.05) is 35.1 Å². The molecule has 10 N–H and O–H groups in total. The van der Waals surface area contributed by atoms with Crippen molar-refractivity contribution in [3.63, 3.8) is 0 Å². The number of nitrogen functional groups attached to an aromatic ring is 3. The van der Waals surface area contributed by atoms with Crippen LogP contribution in [0.1, 0.15) is 30.5 Å². The van der Waals surface area contributed by atoms with Gasteiger partial charge in [0.25, 0.3) is 0 Å². The number of nitrogens with one attached hydrogen (secondary N) is 3. The molecule has 0 spiro atoms. The predicted octanol–water partition coefficient (Wildman–Crippen LogP) is 3.19. The van der Waals surface area contributed by atoms with Crippen LogP contribution in [0.4, 0.5) is 17.1 Å². The van der Waals surface area contributed by atoms with Gasteiger partial charge in [-0.1, -0.05) is 30.3 Å². The lowest BCUT2D eigenvalue weighted by Gasteiger charge is -2.18. The van der Waals surface area contributed by atoms with Crippen LogP contribution in [0.15, 0.2) is 54.6 Å². The van der Waals surface area contributed by atoms with Crippen molar-refractivity contribution < 1.29 is 9.90 Å². The first kappa shape index (κ1) is 23.5. The fourth-order valence-electron chi connectivity index (χ4n) is 3.57. The molecule has 0 heterocycles. The number of amidine groups is 1. The third kappa shape index (κ3) is 5.94. The maximum Gasteiger partial charge on any atom is 0.224 e. The van der Waals surface area contributed by atoms with Gasteiger partial charge in [0.1, 0.15) is 11.6 Å². The van der Waals surface area contributed by atoms with Crippen molar-refractivity contribution in [3.8, 4) is 16.9 Å². The Morgan fingerprint density at radius 2 is 1.67 bits per heavy atom. The van der Waals surface area contributed by atoms with Crippen molar-refractivity contribution in [2.75, 3.05) is 16.8 Å². The molecule has 0 atom stereocenters. The summed E-state index contributed by atoms with van der Waals surface area (Å²) in [5, 5.41) is 24.5. The highest BCUT2D eigenvalue weighted by Crippen LogP contribution is 2.38. The van der Waals surface area contributed by atoms with Gasteiger partial charge in [-0.25, -0.2) is 0 Å². The zero-order valence-corrected chi connectivity index (χ0v) is 18.8. The molecule has 0 aliphatic carbocycles. The molecule has 0 saturated heterocycles. The first-order chi connectivity index (χ1) is 15.6. The summed E-state index contributed by atoms with van der Waals surface area (Å²) in [5.41, 5.74) is 22.3. The number of aromatic hydroxyl groups is 1. The lowest BCUT2D eigenvalue weighted by atomic mass is 9.94. The van der Waals surface area contributed by atoms with Crippen molar-refractivity contribution >= 4 is 28.8 Å². The number of hydrogen-bond acceptors (Lipinski definition) is 6. The molecule has 8 heteroatoms. The smallest absolute Gasteiger partial charge is 0.224 e. The summed E-state index contributed by atoms with van der Waals surface area (Å²) in [6.45, 7) is 4.24. The topological polar surface area (TPSA) is 163 Å². The summed E-state index contributed by atoms with van der Waals surface area (Å²) in [6.07, 6.45) is -0.0327. The van der Waals surface area contributed by atoms with Gasteiger partial charge in [0.15, 0.2) is 0 Å². The first-order valence-corrected chi connectivity index (χ1v) is 10.6. The molecular weight excluding hydrogens is 416 g/mol. The van der Waals surface area contributed by atoms with Crippen molar-refractivity contribution in [2.45, 2.75) is 32.9 Å². The number of anilines is 3. The summed E-state index contributed by atoms with van der Waals surface area (Å²) >= 11 is 0. The van der Waals surface area contributed by atoms with E-state index in [2.05, 4.69) is 10.6 Å². The van der Waals surface area contributed by atoms with E-state index in [1.54, 1.807) is 36.4 Å². The van der Waals surface area contributed by atoms with Crippen molar-refractivity contribution in [2.24, 2.45) is 5.73 Å². The zero-order chi connectivity index (χ0) is 24.1. The van der Waals surface area contributed by atoms with Gasteiger partial charge in [-0.2, -0.15) is 0 Å². The number of carbonyl (C=O) groups is 1. The van der Waals surface area contributed by atoms with E-state index in [1.807, 2.05) is 32.0 Å². The summed E-state index contributed by atoms with van der Waals surface area (Å²) in [6, 6.07) is 16.0. The number of nitrogens with two attached hydrogens (primary N) is 3. The third-order valence-corrected chi connectivity index (χ3v) is 5.11. The van der Waals surface area contributed by atoms with Gasteiger partial charge in [0.05, 0.1) is 12.1 Å². The van der Waals surface area contributed by atoms with Gasteiger partial charge in [-0.3, -0.25) is 10.2 Å². The lowest BCUT2D eigenvalue weighted by Crippen LogP contribution is -2.25. The van der Waals surface area contributed by atoms with Gasteiger partial charge in [-0.15, -0.1) is 0 Å². The number of phenols is 1. The number of hydrogen-bond donors (Lipinski definition) is 7. The standard InChI is InChI=1S/C25H30N6O2/c1-14(2)31-22-8-7-20(17-9-18(26)11-19(27)10-17)21(24(22)33)12-23(32)30-13-15-3-5-16(6-4-15)25(28)29/h3-11,14,31,33H,12-13,26-27H2,1-2H3,(H3,28,29)(H,30,32). The fraction of sp³-hybridized carbons (Fsp3) is 0.200. The minimum absolute atomic E-state index is 0.00864. The van der Waals surface area contributed by atoms with E-state index >= 15 is 0 Å². The normalized spacial score (nSPS) is 10.8. The largest absolute Gasteiger partial charge is 0.505 e. The molecule has 0 bridgehead atoms. The van der Waals surface area contributed by atoms with E-state index in [4.69, 9.17) is 22.6 Å². The van der Waals surface area contributed by atoms with Crippen LogP contribution in [-0.2, 0) is 17.8 Å².